The number of aromatic amines is 1. The molecule has 1 amide bonds. The molecule has 2 aromatic heterocycles. The summed E-state index contributed by atoms with van der Waals surface area (Å²) < 4.78 is 1.47. The van der Waals surface area contributed by atoms with Crippen molar-refractivity contribution in [1.82, 2.24) is 19.7 Å². The van der Waals surface area contributed by atoms with Gasteiger partial charge in [0.2, 0.25) is 0 Å². The molecule has 8 heteroatoms. The van der Waals surface area contributed by atoms with E-state index in [4.69, 9.17) is 11.6 Å². The lowest BCUT2D eigenvalue weighted by atomic mass is 10.1. The molecular weight excluding hydrogens is 552 g/mol. The molecule has 0 saturated carbocycles. The number of carbonyl (C=O) groups excluding carboxylic acids is 1. The van der Waals surface area contributed by atoms with E-state index in [1.807, 2.05) is 96.2 Å². The molecule has 1 N–H and O–H groups in total. The SMILES string of the molecule is CCCN(CCCCc1cnn(-c2ccccc2)c(=O)c1SCc1ccc(Cl)cc1)C(=O)c1c[nH]c2ccccc12. The molecule has 2 heterocycles. The minimum absolute atomic E-state index is 0.0515. The summed E-state index contributed by atoms with van der Waals surface area (Å²) in [6, 6.07) is 25.1. The molecule has 210 valence electrons. The molecule has 0 radical (unpaired) electrons. The van der Waals surface area contributed by atoms with Crippen LogP contribution in [0.4, 0.5) is 0 Å². The molecule has 0 aliphatic heterocycles. The molecule has 3 aromatic carbocycles. The number of aryl methyl sites for hydroxylation is 1. The third-order valence-corrected chi connectivity index (χ3v) is 8.48. The van der Waals surface area contributed by atoms with Gasteiger partial charge < -0.3 is 9.88 Å². The number of halogens is 1. The first-order valence-corrected chi connectivity index (χ1v) is 15.3. The Morgan fingerprint density at radius 1 is 0.976 bits per heavy atom. The van der Waals surface area contributed by atoms with Crippen molar-refractivity contribution in [3.8, 4) is 5.69 Å². The van der Waals surface area contributed by atoms with E-state index in [0.717, 1.165) is 47.0 Å². The first-order chi connectivity index (χ1) is 20.0. The average molecular weight is 585 g/mol. The molecule has 41 heavy (non-hydrogen) atoms. The smallest absolute Gasteiger partial charge is 0.285 e. The number of hydrogen-bond acceptors (Lipinski definition) is 4. The van der Waals surface area contributed by atoms with Gasteiger partial charge in [0, 0.05) is 41.0 Å². The first kappa shape index (κ1) is 28.7. The fourth-order valence-electron chi connectivity index (χ4n) is 4.92. The number of amides is 1. The fourth-order valence-corrected chi connectivity index (χ4v) is 6.10. The molecule has 5 rings (SSSR count). The molecule has 0 saturated heterocycles. The van der Waals surface area contributed by atoms with Crippen molar-refractivity contribution in [1.29, 1.82) is 0 Å². The number of nitrogens with one attached hydrogen (secondary N) is 1. The number of hydrogen-bond donors (Lipinski definition) is 1. The van der Waals surface area contributed by atoms with Crippen molar-refractivity contribution in [3.63, 3.8) is 0 Å². The summed E-state index contributed by atoms with van der Waals surface area (Å²) in [6.07, 6.45) is 6.90. The second-order valence-corrected chi connectivity index (χ2v) is 11.4. The molecule has 5 aromatic rings. The Labute approximate surface area is 249 Å². The maximum Gasteiger partial charge on any atom is 0.285 e. The standard InChI is InChI=1S/C33H33ClN4O2S/c1-2-19-37(32(39)29-22-35-30-14-7-6-13-28(29)30)20-9-8-10-25-21-36-38(27-11-4-3-5-12-27)33(40)31(25)41-23-24-15-17-26(34)18-16-24/h3-7,11-18,21-22,35H,2,8-10,19-20,23H2,1H3. The van der Waals surface area contributed by atoms with Gasteiger partial charge in [-0.3, -0.25) is 9.59 Å². The van der Waals surface area contributed by atoms with Crippen LogP contribution < -0.4 is 5.56 Å². The van der Waals surface area contributed by atoms with Crippen LogP contribution in [-0.4, -0.2) is 38.7 Å². The topological polar surface area (TPSA) is 71.0 Å². The third-order valence-electron chi connectivity index (χ3n) is 7.03. The highest BCUT2D eigenvalue weighted by Gasteiger charge is 2.19. The quantitative estimate of drug-likeness (QED) is 0.121. The second kappa shape index (κ2) is 13.7. The largest absolute Gasteiger partial charge is 0.360 e. The van der Waals surface area contributed by atoms with Gasteiger partial charge in [0.15, 0.2) is 0 Å². The van der Waals surface area contributed by atoms with Gasteiger partial charge in [0.1, 0.15) is 0 Å². The maximum absolute atomic E-state index is 13.6. The van der Waals surface area contributed by atoms with Gasteiger partial charge in [-0.25, -0.2) is 0 Å². The van der Waals surface area contributed by atoms with E-state index < -0.39 is 0 Å². The van der Waals surface area contributed by atoms with E-state index in [1.165, 1.54) is 16.4 Å². The van der Waals surface area contributed by atoms with Gasteiger partial charge in [0.05, 0.1) is 22.3 Å². The summed E-state index contributed by atoms with van der Waals surface area (Å²) >= 11 is 7.59. The van der Waals surface area contributed by atoms with E-state index in [2.05, 4.69) is 17.0 Å². The number of thioether (sulfide) groups is 1. The lowest BCUT2D eigenvalue weighted by Crippen LogP contribution is -2.32. The van der Waals surface area contributed by atoms with Crippen LogP contribution in [0, 0.1) is 0 Å². The number of para-hydroxylation sites is 2. The minimum Gasteiger partial charge on any atom is -0.360 e. The highest BCUT2D eigenvalue weighted by Crippen LogP contribution is 2.26. The number of carbonyl (C=O) groups is 1. The highest BCUT2D eigenvalue weighted by atomic mass is 35.5. The lowest BCUT2D eigenvalue weighted by Gasteiger charge is -2.22. The van der Waals surface area contributed by atoms with Gasteiger partial charge in [-0.15, -0.1) is 11.8 Å². The van der Waals surface area contributed by atoms with Gasteiger partial charge >= 0.3 is 0 Å². The van der Waals surface area contributed by atoms with Crippen molar-refractivity contribution in [2.24, 2.45) is 0 Å². The summed E-state index contributed by atoms with van der Waals surface area (Å²) in [6.45, 7) is 3.45. The maximum atomic E-state index is 13.6. The van der Waals surface area contributed by atoms with Crippen LogP contribution >= 0.6 is 23.4 Å². The van der Waals surface area contributed by atoms with E-state index in [0.29, 0.717) is 40.7 Å². The molecule has 0 bridgehead atoms. The van der Waals surface area contributed by atoms with Crippen molar-refractivity contribution < 1.29 is 4.79 Å². The van der Waals surface area contributed by atoms with Gasteiger partial charge in [0.25, 0.3) is 11.5 Å². The van der Waals surface area contributed by atoms with Crippen LogP contribution in [-0.2, 0) is 12.2 Å². The summed E-state index contributed by atoms with van der Waals surface area (Å²) in [7, 11) is 0. The fraction of sp³-hybridized carbons (Fsp3) is 0.242. The number of H-pyrrole nitrogens is 1. The van der Waals surface area contributed by atoms with Crippen LogP contribution in [0.2, 0.25) is 5.02 Å². The lowest BCUT2D eigenvalue weighted by molar-refractivity contribution is 0.0755. The molecule has 0 spiro atoms. The van der Waals surface area contributed by atoms with Crippen LogP contribution in [0.3, 0.4) is 0 Å². The highest BCUT2D eigenvalue weighted by molar-refractivity contribution is 7.98. The Morgan fingerprint density at radius 3 is 2.51 bits per heavy atom. The zero-order chi connectivity index (χ0) is 28.6. The zero-order valence-corrected chi connectivity index (χ0v) is 24.6. The van der Waals surface area contributed by atoms with E-state index in [-0.39, 0.29) is 11.5 Å². The van der Waals surface area contributed by atoms with Crippen LogP contribution in [0.25, 0.3) is 16.6 Å². The molecule has 0 unspecified atom stereocenters. The Morgan fingerprint density at radius 2 is 1.73 bits per heavy atom. The van der Waals surface area contributed by atoms with Crippen molar-refractivity contribution in [2.75, 3.05) is 13.1 Å². The summed E-state index contributed by atoms with van der Waals surface area (Å²) in [4.78, 5) is 32.9. The number of benzene rings is 3. The van der Waals surface area contributed by atoms with Gasteiger partial charge in [-0.2, -0.15) is 9.78 Å². The predicted molar refractivity (Wildman–Crippen MR) is 168 cm³/mol. The van der Waals surface area contributed by atoms with Crippen molar-refractivity contribution in [2.45, 2.75) is 43.3 Å². The second-order valence-electron chi connectivity index (χ2n) is 9.96. The Balaban J connectivity index is 1.30. The summed E-state index contributed by atoms with van der Waals surface area (Å²) in [5.74, 6) is 0.706. The normalized spacial score (nSPS) is 11.2. The van der Waals surface area contributed by atoms with Gasteiger partial charge in [-0.05, 0) is 67.1 Å². The number of unbranched alkanes of at least 4 members (excludes halogenated alkanes) is 1. The molecule has 0 fully saturated rings. The molecular formula is C33H33ClN4O2S. The van der Waals surface area contributed by atoms with Crippen molar-refractivity contribution in [3.05, 3.63) is 123 Å². The van der Waals surface area contributed by atoms with Crippen molar-refractivity contribution >= 4 is 40.2 Å². The molecule has 0 aliphatic rings. The van der Waals surface area contributed by atoms with E-state index in [1.54, 1.807) is 0 Å². The summed E-state index contributed by atoms with van der Waals surface area (Å²) in [5, 5.41) is 6.16. The number of fused-ring (bicyclic) bond motifs is 1. The van der Waals surface area contributed by atoms with Crippen LogP contribution in [0.15, 0.2) is 101 Å². The molecule has 6 nitrogen and oxygen atoms in total. The Kier molecular flexibility index (Phi) is 9.59. The first-order valence-electron chi connectivity index (χ1n) is 13.9. The van der Waals surface area contributed by atoms with E-state index >= 15 is 0 Å². The average Bonchev–Trinajstić information content (AvgIpc) is 3.43. The zero-order valence-electron chi connectivity index (χ0n) is 23.1. The number of nitrogens with zero attached hydrogens (tertiary/aromatic N) is 3. The number of aromatic nitrogens is 3. The monoisotopic (exact) mass is 584 g/mol. The van der Waals surface area contributed by atoms with E-state index in [9.17, 15) is 9.59 Å². The predicted octanol–water partition coefficient (Wildman–Crippen LogP) is 7.53. The summed E-state index contributed by atoms with van der Waals surface area (Å²) in [5.41, 5.74) is 4.33. The Hall–Kier alpha value is -3.81. The number of rotatable bonds is 12. The Bertz CT molecular complexity index is 1660. The molecule has 0 atom stereocenters. The molecule has 0 aliphatic carbocycles. The third kappa shape index (κ3) is 6.92. The van der Waals surface area contributed by atoms with Gasteiger partial charge in [-0.1, -0.05) is 67.1 Å². The van der Waals surface area contributed by atoms with Crippen LogP contribution in [0.1, 0.15) is 47.7 Å². The minimum atomic E-state index is -0.116. The van der Waals surface area contributed by atoms with Crippen LogP contribution in [0.5, 0.6) is 0 Å².